The smallest absolute Gasteiger partial charge is 0.410 e. The van der Waals surface area contributed by atoms with Crippen molar-refractivity contribution in [3.63, 3.8) is 0 Å². The van der Waals surface area contributed by atoms with Gasteiger partial charge in [-0.1, -0.05) is 149 Å². The molecule has 0 radical (unpaired) electrons. The van der Waals surface area contributed by atoms with Crippen LogP contribution in [0.1, 0.15) is 161 Å². The summed E-state index contributed by atoms with van der Waals surface area (Å²) in [6.07, 6.45) is -4.07. The van der Waals surface area contributed by atoms with Gasteiger partial charge in [-0.3, -0.25) is 34.1 Å². The molecular weight excluding hydrogens is 1620 g/mol. The number of rotatable bonds is 39. The van der Waals surface area contributed by atoms with E-state index in [0.29, 0.717) is 42.1 Å². The van der Waals surface area contributed by atoms with Crippen LogP contribution in [0.25, 0.3) is 0 Å². The number of nitrogens with one attached hydrogen (secondary N) is 2. The molecule has 3 amide bonds. The van der Waals surface area contributed by atoms with Crippen molar-refractivity contribution in [1.82, 2.24) is 4.90 Å². The summed E-state index contributed by atoms with van der Waals surface area (Å²) in [5.41, 5.74) is 18.3. The third-order valence-corrected chi connectivity index (χ3v) is 19.1. The maximum atomic E-state index is 12.9. The number of Topliss-reactive ketones (excluding diaryl/α,β-unsaturated/α-hetero) is 2. The number of aliphatic hydroxyl groups excluding tert-OH is 12. The van der Waals surface area contributed by atoms with E-state index < -0.39 is 134 Å². The lowest BCUT2D eigenvalue weighted by atomic mass is 9.99. The van der Waals surface area contributed by atoms with Gasteiger partial charge in [-0.15, -0.1) is 0 Å². The standard InChI is InChI=1S/C34H48N2O10.C15H19NO7.C14H21NO.C12H15NO8.C7H5ClO.C6H16N2/c1-34(2,3)46-33(43)36(20-11-6-4-5-10-14-26(38)23-12-8-7-9-13-23)21-19-28(39)35-24-15-17-25(18-16-24)44-32-31(42)30(41)29(40)27(22-37)45-32;1-2-11(18)16-8-3-5-9(6-4-8)22-15-14(21)13(20)12(19)10(7-17)23-15;15-12-8-3-1-2-7-11-14(16)13-9-5-4-6-10-13;14-5-8-9(15)10(16)11(17)12(21-8)20-7-3-1-6(2-4-7)13(18)19;8-7(9)6-4-2-1-3-5-6;7-5-3-1-2-4-6-8/h7-9,12-13,15-18,27,29-32,37,40-42H,4-6,10-11,14,19-22H2,1-3H3,(H,35,39);2-6,10,12-15,17,19-21H,1,7H2,(H,16,18);4-6,9-10H,1-3,7-8,11-12,15H2;1-4,8-12,14-17H,5H2;1-5H;1-8H2/t27-,29+,30+,31-,32+;10-,12+,13+,14-,15+;;8-,9+,10+,11-,12+;;/m11.1../s1. The number of carbonyl (C=O) groups is 6. The predicted molar refractivity (Wildman–Crippen MR) is 458 cm³/mol. The van der Waals surface area contributed by atoms with Crippen LogP contribution < -0.4 is 42.0 Å². The zero-order chi connectivity index (χ0) is 90.8. The number of anilines is 2. The van der Waals surface area contributed by atoms with Gasteiger partial charge in [0, 0.05) is 72.5 Å². The van der Waals surface area contributed by atoms with Crippen LogP contribution in [0.4, 0.5) is 21.9 Å². The number of hydrogen-bond donors (Lipinski definition) is 17. The minimum atomic E-state index is -1.56. The van der Waals surface area contributed by atoms with Crippen LogP contribution in [0.3, 0.4) is 0 Å². The molecule has 0 bridgehead atoms. The molecule has 20 N–H and O–H groups in total. The zero-order valence-corrected chi connectivity index (χ0v) is 70.5. The highest BCUT2D eigenvalue weighted by atomic mass is 35.5. The summed E-state index contributed by atoms with van der Waals surface area (Å²) in [5, 5.41) is 131. The van der Waals surface area contributed by atoms with Crippen molar-refractivity contribution in [2.75, 3.05) is 63.2 Å². The molecule has 3 aliphatic heterocycles. The predicted octanol–water partition coefficient (Wildman–Crippen LogP) is 7.12. The van der Waals surface area contributed by atoms with Gasteiger partial charge in [-0.2, -0.15) is 0 Å². The molecule has 123 heavy (non-hydrogen) atoms. The number of nitrogens with zero attached hydrogens (tertiary/aromatic N) is 2. The van der Waals surface area contributed by atoms with Crippen LogP contribution in [0, 0.1) is 10.1 Å². The number of amides is 3. The summed E-state index contributed by atoms with van der Waals surface area (Å²) >= 11 is 5.16. The summed E-state index contributed by atoms with van der Waals surface area (Å²) in [5.74, 6) is 0.496. The van der Waals surface area contributed by atoms with Gasteiger partial charge in [0.05, 0.1) is 24.7 Å². The van der Waals surface area contributed by atoms with Crippen molar-refractivity contribution in [2.45, 2.75) is 228 Å². The Labute approximate surface area is 721 Å². The third kappa shape index (κ3) is 40.0. The first-order valence-electron chi connectivity index (χ1n) is 40.9. The third-order valence-electron chi connectivity index (χ3n) is 18.8. The Hall–Kier alpha value is -9.35. The SMILES string of the molecule is C=CC(=O)Nc1ccc(O[C@H]2O[C@H](CO)[C@H](O)[C@H](O)[C@H]2O)cc1.CC(C)(C)OC(=O)N(CCCCCCCC(=O)c1ccccc1)CCC(=O)Nc1ccc(O[C@H]2O[C@H](CO)[C@H](O)[C@H](O)[C@H]2O)cc1.NCCCCCCCC(=O)c1ccccc1.NCCCCCCN.O=C(Cl)c1ccccc1.O=[N+]([O-])c1ccc(O[C@H]2O[C@H](CO)[C@H](O)[C@H](O)[C@H]2O)cc1. The fourth-order valence-electron chi connectivity index (χ4n) is 11.9. The van der Waals surface area contributed by atoms with Crippen molar-refractivity contribution in [1.29, 1.82) is 0 Å². The monoisotopic (exact) mass is 1750 g/mol. The van der Waals surface area contributed by atoms with E-state index in [-0.39, 0.29) is 53.5 Å². The lowest BCUT2D eigenvalue weighted by Crippen LogP contribution is -2.60. The Kier molecular flexibility index (Phi) is 50.6. The van der Waals surface area contributed by atoms with Gasteiger partial charge in [0.1, 0.15) is 96.1 Å². The topological polar surface area (TPSA) is 558 Å². The number of ketones is 2. The molecule has 3 saturated heterocycles. The van der Waals surface area contributed by atoms with Crippen molar-refractivity contribution in [3.05, 3.63) is 203 Å². The molecule has 0 aromatic heterocycles. The summed E-state index contributed by atoms with van der Waals surface area (Å²) in [6.45, 7) is 10.1. The van der Waals surface area contributed by atoms with E-state index in [0.717, 1.165) is 101 Å². The number of ether oxygens (including phenoxy) is 7. The number of aliphatic hydroxyl groups is 12. The number of unbranched alkanes of at least 4 members (excludes halogenated alkanes) is 11. The molecule has 35 heteroatoms. The highest BCUT2D eigenvalue weighted by Gasteiger charge is 2.47. The molecule has 0 aliphatic carbocycles. The number of benzene rings is 6. The second-order valence-corrected chi connectivity index (χ2v) is 30.1. The van der Waals surface area contributed by atoms with E-state index >= 15 is 0 Å². The molecule has 3 aliphatic rings. The number of nitro groups is 1. The molecule has 3 fully saturated rings. The van der Waals surface area contributed by atoms with Crippen LogP contribution in [0.15, 0.2) is 176 Å². The molecule has 9 rings (SSSR count). The van der Waals surface area contributed by atoms with Gasteiger partial charge >= 0.3 is 6.09 Å². The Balaban J connectivity index is 0.000000345. The van der Waals surface area contributed by atoms with Gasteiger partial charge < -0.3 is 127 Å². The fraction of sp³-hybridized carbons (Fsp3) is 0.500. The van der Waals surface area contributed by atoms with Crippen molar-refractivity contribution >= 4 is 63.4 Å². The summed E-state index contributed by atoms with van der Waals surface area (Å²) in [6, 6.07) is 45.0. The van der Waals surface area contributed by atoms with Gasteiger partial charge in [0.15, 0.2) is 11.6 Å². The van der Waals surface area contributed by atoms with Crippen LogP contribution >= 0.6 is 11.6 Å². The Bertz CT molecular complexity index is 3970. The number of non-ortho nitro benzene ring substituents is 1. The quantitative estimate of drug-likeness (QED) is 0.00456. The summed E-state index contributed by atoms with van der Waals surface area (Å²) in [7, 11) is 0. The van der Waals surface area contributed by atoms with Crippen molar-refractivity contribution in [2.24, 2.45) is 17.2 Å². The Morgan fingerprint density at radius 3 is 1.09 bits per heavy atom. The molecule has 6 aromatic rings. The highest BCUT2D eigenvalue weighted by Crippen LogP contribution is 2.30. The molecule has 680 valence electrons. The second kappa shape index (κ2) is 58.7. The van der Waals surface area contributed by atoms with E-state index in [1.807, 2.05) is 66.7 Å². The first-order chi connectivity index (χ1) is 58.8. The number of halogens is 1. The second-order valence-electron chi connectivity index (χ2n) is 29.7. The normalized spacial score (nSPS) is 21.9. The molecule has 15 atom stereocenters. The van der Waals surface area contributed by atoms with E-state index in [2.05, 4.69) is 17.2 Å². The van der Waals surface area contributed by atoms with Crippen molar-refractivity contribution in [3.8, 4) is 17.2 Å². The maximum absolute atomic E-state index is 12.9. The fourth-order valence-corrected chi connectivity index (χ4v) is 12.0. The maximum Gasteiger partial charge on any atom is 0.410 e. The van der Waals surface area contributed by atoms with Crippen LogP contribution in [0.5, 0.6) is 17.2 Å². The number of nitrogens with two attached hydrogens (primary N) is 3. The lowest BCUT2D eigenvalue weighted by molar-refractivity contribution is -0.384. The molecule has 0 saturated carbocycles. The van der Waals surface area contributed by atoms with Crippen molar-refractivity contribution < 1.29 is 128 Å². The first-order valence-corrected chi connectivity index (χ1v) is 41.3. The van der Waals surface area contributed by atoms with E-state index in [9.17, 15) is 89.9 Å². The highest BCUT2D eigenvalue weighted by molar-refractivity contribution is 6.67. The van der Waals surface area contributed by atoms with Gasteiger partial charge in [0.2, 0.25) is 30.7 Å². The van der Waals surface area contributed by atoms with Crippen LogP contribution in [-0.2, 0) is 28.5 Å². The van der Waals surface area contributed by atoms with E-state index in [4.69, 9.17) is 72.2 Å². The summed E-state index contributed by atoms with van der Waals surface area (Å²) in [4.78, 5) is 82.6. The van der Waals surface area contributed by atoms with Crippen LogP contribution in [0.2, 0.25) is 0 Å². The molecular formula is C88H124ClN7O27. The molecule has 3 heterocycles. The van der Waals surface area contributed by atoms with Gasteiger partial charge in [-0.25, -0.2) is 4.79 Å². The molecule has 0 unspecified atom stereocenters. The number of hydrogen-bond acceptors (Lipinski definition) is 30. The van der Waals surface area contributed by atoms with Gasteiger partial charge in [0.25, 0.3) is 10.9 Å². The minimum absolute atomic E-state index is 0.0456. The van der Waals surface area contributed by atoms with Crippen LogP contribution in [-0.4, -0.2) is 256 Å². The first kappa shape index (κ1) is 106. The number of nitro benzene ring substituents is 1. The zero-order valence-electron chi connectivity index (χ0n) is 69.7. The average molecular weight is 1750 g/mol. The van der Waals surface area contributed by atoms with E-state index in [1.54, 1.807) is 74.2 Å². The molecule has 6 aromatic carbocycles. The van der Waals surface area contributed by atoms with E-state index in [1.165, 1.54) is 74.2 Å². The van der Waals surface area contributed by atoms with Gasteiger partial charge in [-0.05, 0) is 157 Å². The number of carbonyl (C=O) groups excluding carboxylic acids is 6. The minimum Gasteiger partial charge on any atom is -0.462 e. The largest absolute Gasteiger partial charge is 0.462 e. The molecule has 0 spiro atoms. The Morgan fingerprint density at radius 1 is 0.447 bits per heavy atom. The summed E-state index contributed by atoms with van der Waals surface area (Å²) < 4.78 is 37.6. The Morgan fingerprint density at radius 2 is 0.772 bits per heavy atom. The molecule has 34 nitrogen and oxygen atoms in total. The lowest BCUT2D eigenvalue weighted by Gasteiger charge is -2.39. The average Bonchev–Trinajstić information content (AvgIpc) is 0.820.